The number of thiazole rings is 1. The number of thiophene rings is 1. The molecule has 11 heteroatoms. The van der Waals surface area contributed by atoms with Crippen LogP contribution in [0.15, 0.2) is 16.8 Å². The third-order valence-electron chi connectivity index (χ3n) is 5.40. The van der Waals surface area contributed by atoms with Crippen molar-refractivity contribution in [2.75, 3.05) is 26.3 Å². The van der Waals surface area contributed by atoms with Crippen LogP contribution in [0.3, 0.4) is 0 Å². The molecular formula is C20H25F3N2O4S2. The molecule has 0 aliphatic carbocycles. The molecule has 2 saturated heterocycles. The Bertz CT molecular complexity index is 878. The number of hydrogen-bond donors (Lipinski definition) is 1. The minimum Gasteiger partial charge on any atom is -0.475 e. The Morgan fingerprint density at radius 1 is 1.39 bits per heavy atom. The molecule has 1 unspecified atom stereocenters. The number of nitrogens with zero attached hydrogens (tertiary/aromatic N) is 2. The fourth-order valence-electron chi connectivity index (χ4n) is 3.74. The van der Waals surface area contributed by atoms with Crippen LogP contribution < -0.4 is 0 Å². The first kappa shape index (κ1) is 24.1. The van der Waals surface area contributed by atoms with Gasteiger partial charge in [0, 0.05) is 42.4 Å². The van der Waals surface area contributed by atoms with Crippen molar-refractivity contribution < 1.29 is 32.5 Å². The Labute approximate surface area is 186 Å². The van der Waals surface area contributed by atoms with Gasteiger partial charge in [0.1, 0.15) is 0 Å². The van der Waals surface area contributed by atoms with Gasteiger partial charge in [-0.25, -0.2) is 9.78 Å². The van der Waals surface area contributed by atoms with Crippen LogP contribution in [0.4, 0.5) is 13.2 Å². The molecule has 0 radical (unpaired) electrons. The number of carboxylic acids is 1. The van der Waals surface area contributed by atoms with E-state index in [-0.39, 0.29) is 5.60 Å². The number of aliphatic carboxylic acids is 1. The summed E-state index contributed by atoms with van der Waals surface area (Å²) in [6.07, 6.45) is -3.97. The van der Waals surface area contributed by atoms with Gasteiger partial charge in [-0.1, -0.05) is 0 Å². The normalized spacial score (nSPS) is 20.4. The molecule has 0 bridgehead atoms. The van der Waals surface area contributed by atoms with Gasteiger partial charge in [-0.05, 0) is 37.3 Å². The van der Waals surface area contributed by atoms with Crippen molar-refractivity contribution >= 4 is 28.6 Å². The van der Waals surface area contributed by atoms with Crippen LogP contribution in [0, 0.1) is 19.8 Å². The lowest BCUT2D eigenvalue weighted by Gasteiger charge is -2.50. The van der Waals surface area contributed by atoms with E-state index < -0.39 is 12.1 Å². The van der Waals surface area contributed by atoms with E-state index in [0.717, 1.165) is 50.0 Å². The zero-order valence-electron chi connectivity index (χ0n) is 17.3. The van der Waals surface area contributed by atoms with Crippen LogP contribution in [0.2, 0.25) is 0 Å². The first-order valence-electron chi connectivity index (χ1n) is 9.77. The van der Waals surface area contributed by atoms with Crippen molar-refractivity contribution in [2.45, 2.75) is 45.2 Å². The first-order chi connectivity index (χ1) is 14.6. The zero-order valence-corrected chi connectivity index (χ0v) is 18.9. The summed E-state index contributed by atoms with van der Waals surface area (Å²) in [5, 5.41) is 12.5. The van der Waals surface area contributed by atoms with E-state index in [2.05, 4.69) is 33.6 Å². The SMILES string of the molecule is Cc1nc(COCC2CCOC23CN(Cc2sccc2C)C3)cs1.O=C(O)C(F)(F)F. The Balaban J connectivity index is 0.000000339. The summed E-state index contributed by atoms with van der Waals surface area (Å²) in [6.45, 7) is 9.63. The molecule has 1 atom stereocenters. The van der Waals surface area contributed by atoms with Gasteiger partial charge in [-0.3, -0.25) is 4.90 Å². The first-order valence-corrected chi connectivity index (χ1v) is 11.5. The van der Waals surface area contributed by atoms with Crippen molar-refractivity contribution in [3.05, 3.63) is 38.0 Å². The minimum absolute atomic E-state index is 0.0309. The molecule has 2 aromatic rings. The Morgan fingerprint density at radius 2 is 2.10 bits per heavy atom. The molecule has 0 amide bonds. The quantitative estimate of drug-likeness (QED) is 0.669. The molecule has 172 valence electrons. The summed E-state index contributed by atoms with van der Waals surface area (Å²) in [7, 11) is 0. The predicted molar refractivity (Wildman–Crippen MR) is 111 cm³/mol. The lowest BCUT2D eigenvalue weighted by Crippen LogP contribution is -2.64. The molecule has 31 heavy (non-hydrogen) atoms. The van der Waals surface area contributed by atoms with E-state index in [4.69, 9.17) is 19.4 Å². The Kier molecular flexibility index (Phi) is 7.74. The second kappa shape index (κ2) is 9.95. The maximum absolute atomic E-state index is 10.6. The van der Waals surface area contributed by atoms with Gasteiger partial charge >= 0.3 is 12.1 Å². The lowest BCUT2D eigenvalue weighted by atomic mass is 9.81. The van der Waals surface area contributed by atoms with E-state index in [0.29, 0.717) is 12.5 Å². The maximum Gasteiger partial charge on any atom is 0.490 e. The molecule has 6 nitrogen and oxygen atoms in total. The highest BCUT2D eigenvalue weighted by molar-refractivity contribution is 7.10. The fourth-order valence-corrected chi connectivity index (χ4v) is 5.29. The minimum atomic E-state index is -5.08. The number of halogens is 3. The number of rotatable bonds is 6. The molecule has 2 aliphatic rings. The Hall–Kier alpha value is -1.53. The fraction of sp³-hybridized carbons (Fsp3) is 0.600. The van der Waals surface area contributed by atoms with Crippen LogP contribution >= 0.6 is 22.7 Å². The molecule has 0 aromatic carbocycles. The lowest BCUT2D eigenvalue weighted by molar-refractivity contribution is -0.192. The van der Waals surface area contributed by atoms with Crippen molar-refractivity contribution in [2.24, 2.45) is 5.92 Å². The predicted octanol–water partition coefficient (Wildman–Crippen LogP) is 4.26. The van der Waals surface area contributed by atoms with E-state index in [9.17, 15) is 13.2 Å². The largest absolute Gasteiger partial charge is 0.490 e. The second-order valence-electron chi connectivity index (χ2n) is 7.75. The standard InChI is InChI=1S/C18H24N2O2S2.C2HF3O2/c1-13-4-6-23-17(13)7-20-11-18(12-20)15(3-5-22-18)8-21-9-16-10-24-14(2)19-16;3-2(4,5)1(6)7/h4,6,10,15H,3,5,7-9,11-12H2,1-2H3;(H,6,7). The van der Waals surface area contributed by atoms with E-state index in [1.54, 1.807) is 11.3 Å². The Morgan fingerprint density at radius 3 is 2.65 bits per heavy atom. The zero-order chi connectivity index (χ0) is 22.6. The molecule has 1 N–H and O–H groups in total. The number of likely N-dealkylation sites (tertiary alicyclic amines) is 1. The van der Waals surface area contributed by atoms with Crippen molar-refractivity contribution in [3.63, 3.8) is 0 Å². The number of carboxylic acid groups (broad SMARTS) is 1. The smallest absolute Gasteiger partial charge is 0.475 e. The summed E-state index contributed by atoms with van der Waals surface area (Å²) < 4.78 is 43.8. The number of hydrogen-bond acceptors (Lipinski definition) is 7. The van der Waals surface area contributed by atoms with Gasteiger partial charge in [-0.15, -0.1) is 22.7 Å². The molecule has 2 aliphatic heterocycles. The number of alkyl halides is 3. The van der Waals surface area contributed by atoms with Gasteiger partial charge in [-0.2, -0.15) is 13.2 Å². The van der Waals surface area contributed by atoms with E-state index in [1.807, 2.05) is 18.3 Å². The van der Waals surface area contributed by atoms with E-state index in [1.165, 1.54) is 10.4 Å². The number of ether oxygens (including phenoxy) is 2. The third-order valence-corrected chi connectivity index (χ3v) is 7.23. The van der Waals surface area contributed by atoms with Crippen LogP contribution in [0.1, 0.15) is 27.6 Å². The van der Waals surface area contributed by atoms with Gasteiger partial charge in [0.15, 0.2) is 0 Å². The summed E-state index contributed by atoms with van der Waals surface area (Å²) in [6, 6.07) is 2.21. The molecule has 4 rings (SSSR count). The average molecular weight is 479 g/mol. The third kappa shape index (κ3) is 6.26. The summed E-state index contributed by atoms with van der Waals surface area (Å²) >= 11 is 3.54. The molecule has 0 saturated carbocycles. The molecule has 4 heterocycles. The average Bonchev–Trinajstić information content (AvgIpc) is 3.36. The van der Waals surface area contributed by atoms with Crippen LogP contribution in [-0.2, 0) is 27.4 Å². The van der Waals surface area contributed by atoms with Gasteiger partial charge in [0.05, 0.1) is 29.5 Å². The number of aryl methyl sites for hydroxylation is 2. The van der Waals surface area contributed by atoms with Gasteiger partial charge in [0.2, 0.25) is 0 Å². The molecule has 2 fully saturated rings. The molecular weight excluding hydrogens is 453 g/mol. The van der Waals surface area contributed by atoms with Gasteiger partial charge in [0.25, 0.3) is 0 Å². The monoisotopic (exact) mass is 478 g/mol. The van der Waals surface area contributed by atoms with Crippen molar-refractivity contribution in [1.82, 2.24) is 9.88 Å². The highest BCUT2D eigenvalue weighted by Crippen LogP contribution is 2.41. The van der Waals surface area contributed by atoms with E-state index >= 15 is 0 Å². The van der Waals surface area contributed by atoms with Crippen molar-refractivity contribution in [3.8, 4) is 0 Å². The highest BCUT2D eigenvalue weighted by atomic mass is 32.1. The highest BCUT2D eigenvalue weighted by Gasteiger charge is 2.52. The van der Waals surface area contributed by atoms with Gasteiger partial charge < -0.3 is 14.6 Å². The maximum atomic E-state index is 10.6. The molecule has 1 spiro atoms. The van der Waals surface area contributed by atoms with Crippen LogP contribution in [0.5, 0.6) is 0 Å². The topological polar surface area (TPSA) is 71.9 Å². The number of aromatic nitrogens is 1. The summed E-state index contributed by atoms with van der Waals surface area (Å²) in [4.78, 5) is 17.3. The van der Waals surface area contributed by atoms with Crippen LogP contribution in [0.25, 0.3) is 0 Å². The van der Waals surface area contributed by atoms with Crippen LogP contribution in [-0.4, -0.2) is 59.0 Å². The second-order valence-corrected chi connectivity index (χ2v) is 9.81. The van der Waals surface area contributed by atoms with Crippen molar-refractivity contribution in [1.29, 1.82) is 0 Å². The molecule has 2 aromatic heterocycles. The summed E-state index contributed by atoms with van der Waals surface area (Å²) in [5.41, 5.74) is 2.49. The summed E-state index contributed by atoms with van der Waals surface area (Å²) in [5.74, 6) is -2.24. The number of carbonyl (C=O) groups is 1.